The quantitative estimate of drug-likeness (QED) is 0.0455. The Bertz CT molecular complexity index is 2330. The zero-order valence-electron chi connectivity index (χ0n) is 47.9. The van der Waals surface area contributed by atoms with Gasteiger partial charge in [-0.15, -0.1) is 0 Å². The van der Waals surface area contributed by atoms with E-state index in [-0.39, 0.29) is 11.8 Å². The number of rotatable bonds is 15. The van der Waals surface area contributed by atoms with Crippen LogP contribution in [0.5, 0.6) is 0 Å². The van der Waals surface area contributed by atoms with Gasteiger partial charge in [0, 0.05) is 16.4 Å². The maximum absolute atomic E-state index is 13.5. The summed E-state index contributed by atoms with van der Waals surface area (Å²) in [5.74, 6) is -4.27. The zero-order chi connectivity index (χ0) is 59.3. The topological polar surface area (TPSA) is 368 Å². The van der Waals surface area contributed by atoms with Gasteiger partial charge in [-0.25, -0.2) is 9.59 Å². The fourth-order valence-corrected chi connectivity index (χ4v) is 16.3. The van der Waals surface area contributed by atoms with Crippen LogP contribution in [0.3, 0.4) is 0 Å². The van der Waals surface area contributed by atoms with Crippen LogP contribution < -0.4 is 0 Å². The Kier molecular flexibility index (Phi) is 18.1. The fourth-order valence-electron chi connectivity index (χ4n) is 16.3. The van der Waals surface area contributed by atoms with E-state index in [0.29, 0.717) is 50.5 Å². The van der Waals surface area contributed by atoms with E-state index >= 15 is 0 Å². The van der Waals surface area contributed by atoms with Crippen molar-refractivity contribution in [1.82, 2.24) is 0 Å². The lowest BCUT2D eigenvalue weighted by atomic mass is 9.32. The molecule has 27 atom stereocenters. The first-order chi connectivity index (χ1) is 37.3. The minimum atomic E-state index is -2.12. The maximum Gasteiger partial charge on any atom is 0.335 e. The summed E-state index contributed by atoms with van der Waals surface area (Å²) in [5, 5.41) is 135. The van der Waals surface area contributed by atoms with Crippen LogP contribution in [-0.2, 0) is 52.3 Å². The van der Waals surface area contributed by atoms with Crippen molar-refractivity contribution < 1.29 is 114 Å². The molecule has 23 nitrogen and oxygen atoms in total. The molecular formula is C57H90O23. The lowest BCUT2D eigenvalue weighted by Gasteiger charge is -2.73. The average molecular weight is 1140 g/mol. The number of carboxylic acid groups (broad SMARTS) is 1. The number of hydrogen-bond donors (Lipinski definition) is 12. The van der Waals surface area contributed by atoms with Crippen molar-refractivity contribution in [2.75, 3.05) is 19.8 Å². The van der Waals surface area contributed by atoms with Crippen LogP contribution in [0.25, 0.3) is 0 Å². The predicted octanol–water partition coefficient (Wildman–Crippen LogP) is 0.343. The van der Waals surface area contributed by atoms with Gasteiger partial charge in [-0.1, -0.05) is 80.0 Å². The van der Waals surface area contributed by atoms with Gasteiger partial charge < -0.3 is 99.2 Å². The number of aliphatic carboxylic acids is 1. The summed E-state index contributed by atoms with van der Waals surface area (Å²) < 4.78 is 48.6. The van der Waals surface area contributed by atoms with Gasteiger partial charge in [0.1, 0.15) is 79.9 Å². The van der Waals surface area contributed by atoms with Crippen LogP contribution in [-0.4, -0.2) is 216 Å². The number of carbonyl (C=O) groups excluding carboxylic acids is 2. The summed E-state index contributed by atoms with van der Waals surface area (Å²) in [6.07, 6.45) is -25.1. The van der Waals surface area contributed by atoms with E-state index in [4.69, 9.17) is 37.9 Å². The molecule has 3 heterocycles. The second-order valence-corrected chi connectivity index (χ2v) is 26.4. The van der Waals surface area contributed by atoms with E-state index in [0.717, 1.165) is 5.57 Å². The Labute approximate surface area is 467 Å². The van der Waals surface area contributed by atoms with E-state index in [9.17, 15) is 75.7 Å². The second kappa shape index (κ2) is 22.9. The van der Waals surface area contributed by atoms with Gasteiger partial charge in [-0.2, -0.15) is 0 Å². The van der Waals surface area contributed by atoms with E-state index in [1.165, 1.54) is 0 Å². The van der Waals surface area contributed by atoms with Crippen molar-refractivity contribution in [1.29, 1.82) is 0 Å². The molecule has 0 amide bonds. The molecule has 0 radical (unpaired) electrons. The Morgan fingerprint density at radius 3 is 1.89 bits per heavy atom. The maximum atomic E-state index is 13.5. The van der Waals surface area contributed by atoms with Crippen LogP contribution in [0.2, 0.25) is 0 Å². The van der Waals surface area contributed by atoms with Crippen LogP contribution in [0.1, 0.15) is 121 Å². The molecule has 0 aromatic carbocycles. The van der Waals surface area contributed by atoms with Gasteiger partial charge in [0.2, 0.25) is 0 Å². The lowest BCUT2D eigenvalue weighted by Crippen LogP contribution is -2.76. The summed E-state index contributed by atoms with van der Waals surface area (Å²) >= 11 is 0. The third-order valence-corrected chi connectivity index (χ3v) is 21.6. The molecule has 23 heteroatoms. The van der Waals surface area contributed by atoms with Gasteiger partial charge in [0.25, 0.3) is 0 Å². The first-order valence-electron chi connectivity index (χ1n) is 28.5. The number of aliphatic hydroxyl groups is 11. The molecule has 3 aliphatic heterocycles. The highest BCUT2D eigenvalue weighted by atomic mass is 16.8. The van der Waals surface area contributed by atoms with Gasteiger partial charge in [-0.3, -0.25) is 4.79 Å². The smallest absolute Gasteiger partial charge is 0.335 e. The lowest BCUT2D eigenvalue weighted by molar-refractivity contribution is -0.386. The number of ether oxygens (including phenoxy) is 8. The molecule has 7 fully saturated rings. The zero-order valence-corrected chi connectivity index (χ0v) is 47.9. The molecule has 8 aliphatic rings. The molecule has 4 saturated carbocycles. The van der Waals surface area contributed by atoms with Crippen LogP contribution in [0.4, 0.5) is 0 Å². The minimum absolute atomic E-state index is 0.146. The largest absolute Gasteiger partial charge is 0.479 e. The van der Waals surface area contributed by atoms with Crippen LogP contribution in [0.15, 0.2) is 23.3 Å². The molecule has 0 bridgehead atoms. The Hall–Kier alpha value is -2.79. The van der Waals surface area contributed by atoms with Crippen LogP contribution >= 0.6 is 0 Å². The number of aliphatic hydroxyl groups excluding tert-OH is 11. The Morgan fingerprint density at radius 1 is 0.725 bits per heavy atom. The third-order valence-electron chi connectivity index (χ3n) is 21.6. The van der Waals surface area contributed by atoms with Gasteiger partial charge in [0.15, 0.2) is 25.0 Å². The van der Waals surface area contributed by atoms with Gasteiger partial charge >= 0.3 is 17.9 Å². The molecule has 3 saturated heterocycles. The number of esters is 2. The minimum Gasteiger partial charge on any atom is -0.479 e. The van der Waals surface area contributed by atoms with Gasteiger partial charge in [-0.05, 0) is 92.8 Å². The highest BCUT2D eigenvalue weighted by Gasteiger charge is 2.76. The highest BCUT2D eigenvalue weighted by molar-refractivity contribution is 5.87. The van der Waals surface area contributed by atoms with Crippen molar-refractivity contribution in [3.8, 4) is 0 Å². The number of fused-ring (bicyclic) bond motifs is 7. The second-order valence-electron chi connectivity index (χ2n) is 26.4. The molecule has 0 aromatic heterocycles. The third kappa shape index (κ3) is 9.93. The molecule has 5 aliphatic carbocycles. The van der Waals surface area contributed by atoms with Crippen molar-refractivity contribution in [2.45, 2.75) is 238 Å². The summed E-state index contributed by atoms with van der Waals surface area (Å²) in [4.78, 5) is 39.8. The first kappa shape index (κ1) is 63.2. The molecule has 0 aromatic rings. The monoisotopic (exact) mass is 1140 g/mol. The standard InChI is InChI=1S/C57H90O23/c1-12-24(3)47(71)73-23-57-27(20-52(5,6)45(44(57)68)80-48(72)25(4)13-2)26-14-15-31-54(9)18-17-32(53(7,8)30(54)16-19-55(31,10)56(26,11)42(66)43(57)67)76-51-41(79-50-37(64)35(62)33(60)28(21-58)74-50)39(38(65)40(78-51)46(69)70)77-49-36(63)34(61)29(22-59)75-49/h13-14,24,27-45,49-51,58-68H,12,15-23H2,1-11H3,(H,69,70)/b25-13-/t24?,27?,28?,29?,30?,31?,32-,33?,34?,35?,36?,37?,38?,39?,40?,41?,42-,43+,44-,45-,49?,50?,51?,54-,55+,56-,57-/m0/s1. The number of allylic oxidation sites excluding steroid dienone is 2. The first-order valence-corrected chi connectivity index (χ1v) is 28.5. The molecular weight excluding hydrogens is 1050 g/mol. The molecule has 8 rings (SSSR count). The number of carboxylic acids is 1. The molecule has 456 valence electrons. The average Bonchev–Trinajstić information content (AvgIpc) is 1.93. The van der Waals surface area contributed by atoms with E-state index in [1.807, 2.05) is 41.5 Å². The van der Waals surface area contributed by atoms with E-state index in [1.54, 1.807) is 26.8 Å². The molecule has 80 heavy (non-hydrogen) atoms. The number of carbonyl (C=O) groups is 3. The summed E-state index contributed by atoms with van der Waals surface area (Å²) in [6, 6.07) is 0. The molecule has 0 spiro atoms. The normalized spacial score (nSPS) is 49.2. The van der Waals surface area contributed by atoms with E-state index in [2.05, 4.69) is 19.9 Å². The van der Waals surface area contributed by atoms with Crippen LogP contribution in [0, 0.1) is 56.2 Å². The van der Waals surface area contributed by atoms with Crippen molar-refractivity contribution in [3.63, 3.8) is 0 Å². The summed E-state index contributed by atoms with van der Waals surface area (Å²) in [7, 11) is 0. The fraction of sp³-hybridized carbons (Fsp3) is 0.877. The molecule has 18 unspecified atom stereocenters. The highest BCUT2D eigenvalue weighted by Crippen LogP contribution is 2.76. The van der Waals surface area contributed by atoms with Crippen molar-refractivity contribution >= 4 is 17.9 Å². The predicted molar refractivity (Wildman–Crippen MR) is 277 cm³/mol. The molecule has 12 N–H and O–H groups in total. The Morgan fingerprint density at radius 2 is 1.31 bits per heavy atom. The van der Waals surface area contributed by atoms with Gasteiger partial charge in [0.05, 0.1) is 42.9 Å². The van der Waals surface area contributed by atoms with E-state index < -0.39 is 199 Å². The Balaban J connectivity index is 1.13. The van der Waals surface area contributed by atoms with Crippen molar-refractivity contribution in [2.24, 2.45) is 56.2 Å². The summed E-state index contributed by atoms with van der Waals surface area (Å²) in [6.45, 7) is 19.0. The van der Waals surface area contributed by atoms with Crippen molar-refractivity contribution in [3.05, 3.63) is 23.3 Å². The number of hydrogen-bond acceptors (Lipinski definition) is 22. The SMILES string of the molecule is C/C=C(/C)C(=O)O[C@H]1[C@H](O)[C@@]2(COC(=O)C(C)CC)C(CC1(C)C)C1=CCC3[C@@]4(C)CC[C@H](OC5OC(C(=O)O)C(O)C(OC6OC(CO)C(O)C6O)C5OC5OC(CO)C(O)C(O)C5O)C(C)(C)C4CC[C@@]3(C)[C@]1(C)[C@@H](O)[C@H]2O. The summed E-state index contributed by atoms with van der Waals surface area (Å²) in [5.41, 5.74) is -4.55.